The summed E-state index contributed by atoms with van der Waals surface area (Å²) in [6.07, 6.45) is 5.65. The zero-order valence-corrected chi connectivity index (χ0v) is 12.5. The second kappa shape index (κ2) is 6.95. The van der Waals surface area contributed by atoms with Gasteiger partial charge in [0.15, 0.2) is 0 Å². The van der Waals surface area contributed by atoms with Crippen LogP contribution >= 0.6 is 0 Å². The quantitative estimate of drug-likeness (QED) is 0.866. The second-order valence-electron chi connectivity index (χ2n) is 5.95. The topological polar surface area (TPSA) is 21.3 Å². The molecule has 0 aliphatic heterocycles. The van der Waals surface area contributed by atoms with Gasteiger partial charge < -0.3 is 10.1 Å². The molecule has 0 aromatic heterocycles. The van der Waals surface area contributed by atoms with Gasteiger partial charge in [0, 0.05) is 0 Å². The van der Waals surface area contributed by atoms with Crippen molar-refractivity contribution in [3.8, 4) is 5.75 Å². The van der Waals surface area contributed by atoms with Gasteiger partial charge in [-0.05, 0) is 69.8 Å². The maximum Gasteiger partial charge on any atom is 0.119 e. The van der Waals surface area contributed by atoms with E-state index in [-0.39, 0.29) is 6.10 Å². The molecule has 0 spiro atoms. The molecule has 2 heteroatoms. The molecule has 0 saturated heterocycles. The van der Waals surface area contributed by atoms with Crippen molar-refractivity contribution in [2.24, 2.45) is 5.92 Å². The van der Waals surface area contributed by atoms with E-state index in [0.717, 1.165) is 18.2 Å². The minimum atomic E-state index is 0.245. The highest BCUT2D eigenvalue weighted by atomic mass is 16.5. The van der Waals surface area contributed by atoms with Crippen LogP contribution in [0.5, 0.6) is 5.75 Å². The molecule has 0 amide bonds. The fourth-order valence-electron chi connectivity index (χ4n) is 3.24. The molecule has 1 aliphatic carbocycles. The first-order valence-corrected chi connectivity index (χ1v) is 7.62. The number of rotatable bonds is 5. The highest BCUT2D eigenvalue weighted by molar-refractivity contribution is 5.31. The highest BCUT2D eigenvalue weighted by Crippen LogP contribution is 2.38. The average Bonchev–Trinajstić information content (AvgIpc) is 2.39. The van der Waals surface area contributed by atoms with Gasteiger partial charge in [0.05, 0.1) is 6.10 Å². The van der Waals surface area contributed by atoms with Gasteiger partial charge in [-0.1, -0.05) is 25.0 Å². The molecule has 1 saturated carbocycles. The predicted octanol–water partition coefficient (Wildman–Crippen LogP) is 3.97. The molecule has 1 N–H and O–H groups in total. The molecule has 1 aromatic carbocycles. The van der Waals surface area contributed by atoms with Gasteiger partial charge in [0.1, 0.15) is 5.75 Å². The van der Waals surface area contributed by atoms with Crippen molar-refractivity contribution < 1.29 is 4.74 Å². The summed E-state index contributed by atoms with van der Waals surface area (Å²) >= 11 is 0. The number of benzene rings is 1. The normalized spacial score (nSPS) is 23.6. The predicted molar refractivity (Wildman–Crippen MR) is 80.8 cm³/mol. The Labute approximate surface area is 117 Å². The molecule has 2 nitrogen and oxygen atoms in total. The Hall–Kier alpha value is -1.02. The second-order valence-corrected chi connectivity index (χ2v) is 5.95. The molecule has 1 aromatic rings. The van der Waals surface area contributed by atoms with Crippen LogP contribution in [0.3, 0.4) is 0 Å². The fraction of sp³-hybridized carbons (Fsp3) is 0.647. The van der Waals surface area contributed by atoms with Crippen molar-refractivity contribution in [1.29, 1.82) is 0 Å². The molecular weight excluding hydrogens is 234 g/mol. The van der Waals surface area contributed by atoms with Crippen molar-refractivity contribution in [2.75, 3.05) is 13.6 Å². The summed E-state index contributed by atoms with van der Waals surface area (Å²) in [5.74, 6) is 2.48. The van der Waals surface area contributed by atoms with E-state index in [2.05, 4.69) is 50.5 Å². The molecule has 0 heterocycles. The standard InChI is InChI=1S/C17H27NO/c1-13(2)19-16-9-6-8-14(11-16)17-10-5-4-7-15(17)12-18-3/h6,8-9,11,13,15,17-18H,4-5,7,10,12H2,1-3H3. The number of ether oxygens (including phenoxy) is 1. The van der Waals surface area contributed by atoms with Crippen molar-refractivity contribution in [3.63, 3.8) is 0 Å². The van der Waals surface area contributed by atoms with E-state index in [1.54, 1.807) is 0 Å². The van der Waals surface area contributed by atoms with Crippen LogP contribution < -0.4 is 10.1 Å². The molecule has 106 valence electrons. The van der Waals surface area contributed by atoms with Crippen LogP contribution in [0.25, 0.3) is 0 Å². The zero-order chi connectivity index (χ0) is 13.7. The van der Waals surface area contributed by atoms with Crippen LogP contribution in [0, 0.1) is 5.92 Å². The van der Waals surface area contributed by atoms with Crippen molar-refractivity contribution in [1.82, 2.24) is 5.32 Å². The molecule has 1 aliphatic rings. The summed E-state index contributed by atoms with van der Waals surface area (Å²) in [4.78, 5) is 0. The van der Waals surface area contributed by atoms with Gasteiger partial charge in [-0.3, -0.25) is 0 Å². The molecule has 0 bridgehead atoms. The average molecular weight is 261 g/mol. The Kier molecular flexibility index (Phi) is 5.26. The van der Waals surface area contributed by atoms with E-state index in [1.165, 1.54) is 31.2 Å². The van der Waals surface area contributed by atoms with Gasteiger partial charge in [0.25, 0.3) is 0 Å². The Morgan fingerprint density at radius 2 is 2.05 bits per heavy atom. The van der Waals surface area contributed by atoms with E-state index in [4.69, 9.17) is 4.74 Å². The Morgan fingerprint density at radius 1 is 1.26 bits per heavy atom. The minimum Gasteiger partial charge on any atom is -0.491 e. The number of hydrogen-bond donors (Lipinski definition) is 1. The van der Waals surface area contributed by atoms with Crippen LogP contribution in [0.4, 0.5) is 0 Å². The van der Waals surface area contributed by atoms with Gasteiger partial charge in [-0.25, -0.2) is 0 Å². The van der Waals surface area contributed by atoms with Gasteiger partial charge >= 0.3 is 0 Å². The third kappa shape index (κ3) is 3.97. The smallest absolute Gasteiger partial charge is 0.119 e. The van der Waals surface area contributed by atoms with E-state index in [0.29, 0.717) is 5.92 Å². The lowest BCUT2D eigenvalue weighted by Gasteiger charge is -2.32. The third-order valence-electron chi connectivity index (χ3n) is 4.03. The van der Waals surface area contributed by atoms with Crippen LogP contribution in [-0.2, 0) is 0 Å². The monoisotopic (exact) mass is 261 g/mol. The molecule has 2 unspecified atom stereocenters. The third-order valence-corrected chi connectivity index (χ3v) is 4.03. The lowest BCUT2D eigenvalue weighted by atomic mass is 9.75. The first-order valence-electron chi connectivity index (χ1n) is 7.62. The van der Waals surface area contributed by atoms with E-state index >= 15 is 0 Å². The minimum absolute atomic E-state index is 0.245. The summed E-state index contributed by atoms with van der Waals surface area (Å²) in [7, 11) is 2.06. The number of nitrogens with one attached hydrogen (secondary N) is 1. The summed E-state index contributed by atoms with van der Waals surface area (Å²) in [6.45, 7) is 5.29. The summed E-state index contributed by atoms with van der Waals surface area (Å²) < 4.78 is 5.83. The maximum atomic E-state index is 5.83. The van der Waals surface area contributed by atoms with Crippen LogP contribution in [0.1, 0.15) is 51.0 Å². The molecule has 2 atom stereocenters. The molecule has 19 heavy (non-hydrogen) atoms. The Bertz CT molecular complexity index is 387. The van der Waals surface area contributed by atoms with Crippen LogP contribution in [-0.4, -0.2) is 19.7 Å². The number of hydrogen-bond acceptors (Lipinski definition) is 2. The van der Waals surface area contributed by atoms with E-state index < -0.39 is 0 Å². The first-order chi connectivity index (χ1) is 9.20. The lowest BCUT2D eigenvalue weighted by Crippen LogP contribution is -2.27. The van der Waals surface area contributed by atoms with Crippen molar-refractivity contribution in [2.45, 2.75) is 51.6 Å². The van der Waals surface area contributed by atoms with Crippen LogP contribution in [0.2, 0.25) is 0 Å². The Morgan fingerprint density at radius 3 is 2.79 bits per heavy atom. The molecule has 0 radical (unpaired) electrons. The van der Waals surface area contributed by atoms with Gasteiger partial charge in [-0.15, -0.1) is 0 Å². The highest BCUT2D eigenvalue weighted by Gasteiger charge is 2.26. The first kappa shape index (κ1) is 14.4. The molecule has 1 fully saturated rings. The fourth-order valence-corrected chi connectivity index (χ4v) is 3.24. The summed E-state index contributed by atoms with van der Waals surface area (Å²) in [5, 5.41) is 3.35. The maximum absolute atomic E-state index is 5.83. The molecule has 2 rings (SSSR count). The largest absolute Gasteiger partial charge is 0.491 e. The van der Waals surface area contributed by atoms with Crippen LogP contribution in [0.15, 0.2) is 24.3 Å². The van der Waals surface area contributed by atoms with Crippen molar-refractivity contribution in [3.05, 3.63) is 29.8 Å². The van der Waals surface area contributed by atoms with E-state index in [1.807, 2.05) is 0 Å². The summed E-state index contributed by atoms with van der Waals surface area (Å²) in [5.41, 5.74) is 1.46. The van der Waals surface area contributed by atoms with Crippen molar-refractivity contribution >= 4 is 0 Å². The lowest BCUT2D eigenvalue weighted by molar-refractivity contribution is 0.241. The van der Waals surface area contributed by atoms with Gasteiger partial charge in [-0.2, -0.15) is 0 Å². The molecular formula is C17H27NO. The van der Waals surface area contributed by atoms with E-state index in [9.17, 15) is 0 Å². The van der Waals surface area contributed by atoms with Gasteiger partial charge in [0.2, 0.25) is 0 Å². The zero-order valence-electron chi connectivity index (χ0n) is 12.5. The Balaban J connectivity index is 2.14. The summed E-state index contributed by atoms with van der Waals surface area (Å²) in [6, 6.07) is 8.72. The SMILES string of the molecule is CNCC1CCCCC1c1cccc(OC(C)C)c1.